The molecule has 1 aliphatic carbocycles. The molecule has 0 aromatic carbocycles. The summed E-state index contributed by atoms with van der Waals surface area (Å²) in [7, 11) is 0. The predicted molar refractivity (Wildman–Crippen MR) is 79.9 cm³/mol. The summed E-state index contributed by atoms with van der Waals surface area (Å²) in [6, 6.07) is 0.822. The van der Waals surface area contributed by atoms with Gasteiger partial charge < -0.3 is 11.1 Å². The minimum atomic E-state index is 0.129. The van der Waals surface area contributed by atoms with E-state index in [1.165, 1.54) is 25.7 Å². The second kappa shape index (κ2) is 8.54. The fourth-order valence-corrected chi connectivity index (χ4v) is 3.07. The zero-order chi connectivity index (χ0) is 14.3. The maximum Gasteiger partial charge on any atom is 0.221 e. The van der Waals surface area contributed by atoms with Gasteiger partial charge in [-0.25, -0.2) is 0 Å². The molecule has 4 heteroatoms. The number of nitrogens with two attached hydrogens (primary N) is 1. The molecule has 112 valence electrons. The SMILES string of the molecule is CCNC(=O)CC(CN)N(CC(C)C)C1CCCC1. The van der Waals surface area contributed by atoms with Crippen molar-refractivity contribution in [1.82, 2.24) is 10.2 Å². The lowest BCUT2D eigenvalue weighted by Gasteiger charge is -2.37. The van der Waals surface area contributed by atoms with Crippen molar-refractivity contribution in [3.63, 3.8) is 0 Å². The van der Waals surface area contributed by atoms with Crippen molar-refractivity contribution < 1.29 is 4.79 Å². The first-order valence-corrected chi connectivity index (χ1v) is 7.81. The highest BCUT2D eigenvalue weighted by Crippen LogP contribution is 2.26. The van der Waals surface area contributed by atoms with E-state index in [1.54, 1.807) is 0 Å². The summed E-state index contributed by atoms with van der Waals surface area (Å²) in [5.41, 5.74) is 5.94. The summed E-state index contributed by atoms with van der Waals surface area (Å²) in [5.74, 6) is 0.744. The third-order valence-corrected chi connectivity index (χ3v) is 3.91. The van der Waals surface area contributed by atoms with Crippen LogP contribution < -0.4 is 11.1 Å². The second-order valence-electron chi connectivity index (χ2n) is 6.08. The molecule has 3 N–H and O–H groups in total. The molecule has 1 aliphatic rings. The molecule has 4 nitrogen and oxygen atoms in total. The number of hydrogen-bond acceptors (Lipinski definition) is 3. The van der Waals surface area contributed by atoms with Crippen LogP contribution in [0, 0.1) is 5.92 Å². The highest BCUT2D eigenvalue weighted by atomic mass is 16.1. The van der Waals surface area contributed by atoms with E-state index >= 15 is 0 Å². The van der Waals surface area contributed by atoms with Crippen molar-refractivity contribution in [2.45, 2.75) is 65.0 Å². The lowest BCUT2D eigenvalue weighted by Crippen LogP contribution is -2.49. The van der Waals surface area contributed by atoms with Crippen LogP contribution in [0.2, 0.25) is 0 Å². The van der Waals surface area contributed by atoms with Gasteiger partial charge in [-0.05, 0) is 25.7 Å². The zero-order valence-electron chi connectivity index (χ0n) is 12.8. The Kier molecular flexibility index (Phi) is 7.39. The highest BCUT2D eigenvalue weighted by molar-refractivity contribution is 5.76. The molecule has 0 spiro atoms. The summed E-state index contributed by atoms with van der Waals surface area (Å²) < 4.78 is 0. The van der Waals surface area contributed by atoms with Crippen LogP contribution in [0.3, 0.4) is 0 Å². The Labute approximate surface area is 118 Å². The topological polar surface area (TPSA) is 58.4 Å². The van der Waals surface area contributed by atoms with Crippen LogP contribution in [0.5, 0.6) is 0 Å². The Morgan fingerprint density at radius 2 is 2.00 bits per heavy atom. The molecule has 1 fully saturated rings. The molecule has 1 rings (SSSR count). The van der Waals surface area contributed by atoms with E-state index in [-0.39, 0.29) is 11.9 Å². The number of amides is 1. The predicted octanol–water partition coefficient (Wildman–Crippen LogP) is 1.74. The Bertz CT molecular complexity index is 262. The standard InChI is InChI=1S/C15H31N3O/c1-4-17-15(19)9-14(10-16)18(11-12(2)3)13-7-5-6-8-13/h12-14H,4-11,16H2,1-3H3,(H,17,19). The van der Waals surface area contributed by atoms with Crippen LogP contribution in [0.15, 0.2) is 0 Å². The van der Waals surface area contributed by atoms with Gasteiger partial charge in [0.05, 0.1) is 0 Å². The van der Waals surface area contributed by atoms with Crippen LogP contribution in [-0.4, -0.2) is 42.5 Å². The minimum Gasteiger partial charge on any atom is -0.356 e. The fraction of sp³-hybridized carbons (Fsp3) is 0.933. The van der Waals surface area contributed by atoms with Crippen molar-refractivity contribution in [1.29, 1.82) is 0 Å². The van der Waals surface area contributed by atoms with Gasteiger partial charge in [-0.1, -0.05) is 26.7 Å². The maximum atomic E-state index is 11.8. The molecule has 1 saturated carbocycles. The molecule has 1 atom stereocenters. The van der Waals surface area contributed by atoms with Gasteiger partial charge in [0.25, 0.3) is 0 Å². The van der Waals surface area contributed by atoms with E-state index in [2.05, 4.69) is 24.1 Å². The monoisotopic (exact) mass is 269 g/mol. The lowest BCUT2D eigenvalue weighted by molar-refractivity contribution is -0.122. The Hall–Kier alpha value is -0.610. The molecule has 0 radical (unpaired) electrons. The molecule has 0 aromatic rings. The maximum absolute atomic E-state index is 11.8. The molecule has 1 amide bonds. The van der Waals surface area contributed by atoms with Crippen LogP contribution >= 0.6 is 0 Å². The summed E-state index contributed by atoms with van der Waals surface area (Å²) in [6.07, 6.45) is 5.69. The van der Waals surface area contributed by atoms with E-state index in [9.17, 15) is 4.79 Å². The van der Waals surface area contributed by atoms with E-state index < -0.39 is 0 Å². The molecule has 1 unspecified atom stereocenters. The fourth-order valence-electron chi connectivity index (χ4n) is 3.07. The summed E-state index contributed by atoms with van der Waals surface area (Å²) >= 11 is 0. The highest BCUT2D eigenvalue weighted by Gasteiger charge is 2.29. The smallest absolute Gasteiger partial charge is 0.221 e. The average molecular weight is 269 g/mol. The Balaban J connectivity index is 2.65. The molecule has 0 aliphatic heterocycles. The largest absolute Gasteiger partial charge is 0.356 e. The van der Waals surface area contributed by atoms with E-state index in [1.807, 2.05) is 6.92 Å². The third kappa shape index (κ3) is 5.49. The van der Waals surface area contributed by atoms with Crippen molar-refractivity contribution in [2.75, 3.05) is 19.6 Å². The number of carbonyl (C=O) groups excluding carboxylic acids is 1. The van der Waals surface area contributed by atoms with Gasteiger partial charge in [0.15, 0.2) is 0 Å². The van der Waals surface area contributed by atoms with E-state index in [0.717, 1.165) is 6.54 Å². The third-order valence-electron chi connectivity index (χ3n) is 3.91. The number of carbonyl (C=O) groups is 1. The van der Waals surface area contributed by atoms with Crippen molar-refractivity contribution >= 4 is 5.91 Å². The van der Waals surface area contributed by atoms with Gasteiger partial charge in [-0.15, -0.1) is 0 Å². The van der Waals surface area contributed by atoms with Crippen LogP contribution in [0.25, 0.3) is 0 Å². The minimum absolute atomic E-state index is 0.129. The Morgan fingerprint density at radius 1 is 1.37 bits per heavy atom. The van der Waals surface area contributed by atoms with Gasteiger partial charge in [0, 0.05) is 38.1 Å². The normalized spacial score (nSPS) is 18.2. The van der Waals surface area contributed by atoms with Crippen LogP contribution in [0.4, 0.5) is 0 Å². The van der Waals surface area contributed by atoms with Gasteiger partial charge in [-0.3, -0.25) is 9.69 Å². The number of rotatable bonds is 8. The van der Waals surface area contributed by atoms with E-state index in [4.69, 9.17) is 5.73 Å². The Morgan fingerprint density at radius 3 is 2.47 bits per heavy atom. The zero-order valence-corrected chi connectivity index (χ0v) is 12.8. The molecular weight excluding hydrogens is 238 g/mol. The van der Waals surface area contributed by atoms with Crippen molar-refractivity contribution in [2.24, 2.45) is 11.7 Å². The van der Waals surface area contributed by atoms with E-state index in [0.29, 0.717) is 31.5 Å². The molecule has 0 heterocycles. The summed E-state index contributed by atoms with van der Waals surface area (Å²) in [4.78, 5) is 14.3. The first-order chi connectivity index (χ1) is 9.08. The molecule has 0 aromatic heterocycles. The molecule has 0 saturated heterocycles. The first-order valence-electron chi connectivity index (χ1n) is 7.81. The molecular formula is C15H31N3O. The van der Waals surface area contributed by atoms with Crippen LogP contribution in [-0.2, 0) is 4.79 Å². The number of nitrogens with one attached hydrogen (secondary N) is 1. The first kappa shape index (κ1) is 16.4. The van der Waals surface area contributed by atoms with Gasteiger partial charge in [-0.2, -0.15) is 0 Å². The second-order valence-corrected chi connectivity index (χ2v) is 6.08. The molecule has 0 bridgehead atoms. The van der Waals surface area contributed by atoms with Gasteiger partial charge in [0.1, 0.15) is 0 Å². The average Bonchev–Trinajstić information content (AvgIpc) is 2.87. The lowest BCUT2D eigenvalue weighted by atomic mass is 10.0. The van der Waals surface area contributed by atoms with Crippen LogP contribution in [0.1, 0.15) is 52.9 Å². The quantitative estimate of drug-likeness (QED) is 0.705. The number of nitrogens with zero attached hydrogens (tertiary/aromatic N) is 1. The van der Waals surface area contributed by atoms with Crippen molar-refractivity contribution in [3.8, 4) is 0 Å². The van der Waals surface area contributed by atoms with Gasteiger partial charge in [0.2, 0.25) is 5.91 Å². The summed E-state index contributed by atoms with van der Waals surface area (Å²) in [6.45, 7) is 8.75. The van der Waals surface area contributed by atoms with Gasteiger partial charge >= 0.3 is 0 Å². The molecule has 19 heavy (non-hydrogen) atoms. The number of hydrogen-bond donors (Lipinski definition) is 2. The van der Waals surface area contributed by atoms with Crippen molar-refractivity contribution in [3.05, 3.63) is 0 Å². The summed E-state index contributed by atoms with van der Waals surface area (Å²) in [5, 5.41) is 2.89.